The molecule has 1 aromatic carbocycles. The van der Waals surface area contributed by atoms with Gasteiger partial charge >= 0.3 is 0 Å². The zero-order valence-electron chi connectivity index (χ0n) is 11.5. The SMILES string of the molecule is CCS(=O)(=O)CCNC(=O)CCOc1ccc(N)cc1. The van der Waals surface area contributed by atoms with Crippen LogP contribution in [0.5, 0.6) is 5.75 Å². The molecule has 6 nitrogen and oxygen atoms in total. The molecular weight excluding hydrogens is 280 g/mol. The second kappa shape index (κ2) is 7.74. The molecule has 112 valence electrons. The number of amides is 1. The van der Waals surface area contributed by atoms with Gasteiger partial charge in [0.25, 0.3) is 0 Å². The van der Waals surface area contributed by atoms with Crippen molar-refractivity contribution >= 4 is 21.4 Å². The number of nitrogens with two attached hydrogens (primary N) is 1. The van der Waals surface area contributed by atoms with Crippen LogP contribution in [0.15, 0.2) is 24.3 Å². The van der Waals surface area contributed by atoms with Crippen LogP contribution in [0, 0.1) is 0 Å². The average molecular weight is 300 g/mol. The normalized spacial score (nSPS) is 11.1. The molecule has 1 aromatic rings. The van der Waals surface area contributed by atoms with Crippen LogP contribution in [-0.2, 0) is 14.6 Å². The highest BCUT2D eigenvalue weighted by molar-refractivity contribution is 7.91. The van der Waals surface area contributed by atoms with Crippen LogP contribution in [0.4, 0.5) is 5.69 Å². The van der Waals surface area contributed by atoms with E-state index >= 15 is 0 Å². The van der Waals surface area contributed by atoms with Gasteiger partial charge in [0.15, 0.2) is 9.84 Å². The van der Waals surface area contributed by atoms with E-state index in [4.69, 9.17) is 10.5 Å². The number of nitrogen functional groups attached to an aromatic ring is 1. The number of ether oxygens (including phenoxy) is 1. The summed E-state index contributed by atoms with van der Waals surface area (Å²) < 4.78 is 27.8. The molecule has 0 atom stereocenters. The van der Waals surface area contributed by atoms with E-state index in [9.17, 15) is 13.2 Å². The first-order chi connectivity index (χ1) is 9.43. The Labute approximate surface area is 119 Å². The third-order valence-electron chi connectivity index (χ3n) is 2.65. The highest BCUT2D eigenvalue weighted by Gasteiger charge is 2.08. The zero-order valence-corrected chi connectivity index (χ0v) is 12.3. The first kappa shape index (κ1) is 16.3. The molecule has 0 unspecified atom stereocenters. The van der Waals surface area contributed by atoms with Crippen molar-refractivity contribution in [3.63, 3.8) is 0 Å². The van der Waals surface area contributed by atoms with E-state index in [1.54, 1.807) is 31.2 Å². The molecule has 1 rings (SSSR count). The van der Waals surface area contributed by atoms with Crippen molar-refractivity contribution in [1.82, 2.24) is 5.32 Å². The van der Waals surface area contributed by atoms with Crippen molar-refractivity contribution in [3.8, 4) is 5.75 Å². The van der Waals surface area contributed by atoms with E-state index in [0.717, 1.165) is 0 Å². The highest BCUT2D eigenvalue weighted by atomic mass is 32.2. The fourth-order valence-corrected chi connectivity index (χ4v) is 2.11. The molecular formula is C13H20N2O4S. The number of carbonyl (C=O) groups excluding carboxylic acids is 1. The summed E-state index contributed by atoms with van der Waals surface area (Å²) in [6.45, 7) is 1.95. The van der Waals surface area contributed by atoms with E-state index in [1.807, 2.05) is 0 Å². The smallest absolute Gasteiger partial charge is 0.223 e. The maximum Gasteiger partial charge on any atom is 0.223 e. The van der Waals surface area contributed by atoms with Gasteiger partial charge in [0.2, 0.25) is 5.91 Å². The average Bonchev–Trinajstić information content (AvgIpc) is 2.41. The van der Waals surface area contributed by atoms with Crippen LogP contribution in [0.2, 0.25) is 0 Å². The van der Waals surface area contributed by atoms with Crippen molar-refractivity contribution in [2.45, 2.75) is 13.3 Å². The quantitative estimate of drug-likeness (QED) is 0.685. The summed E-state index contributed by atoms with van der Waals surface area (Å²) in [5.74, 6) is 0.462. The Balaban J connectivity index is 2.19. The number of benzene rings is 1. The summed E-state index contributed by atoms with van der Waals surface area (Å²) in [5, 5.41) is 2.55. The fourth-order valence-electron chi connectivity index (χ4n) is 1.40. The van der Waals surface area contributed by atoms with E-state index in [0.29, 0.717) is 11.4 Å². The van der Waals surface area contributed by atoms with Crippen molar-refractivity contribution in [2.75, 3.05) is 30.4 Å². The van der Waals surface area contributed by atoms with Gasteiger partial charge in [0.1, 0.15) is 5.75 Å². The summed E-state index contributed by atoms with van der Waals surface area (Å²) in [5.41, 5.74) is 6.18. The molecule has 20 heavy (non-hydrogen) atoms. The largest absolute Gasteiger partial charge is 0.493 e. The molecule has 0 radical (unpaired) electrons. The van der Waals surface area contributed by atoms with Crippen LogP contribution < -0.4 is 15.8 Å². The molecule has 0 aliphatic carbocycles. The molecule has 0 saturated heterocycles. The molecule has 1 amide bonds. The van der Waals surface area contributed by atoms with Gasteiger partial charge in [-0.1, -0.05) is 6.92 Å². The molecule has 0 bridgehead atoms. The van der Waals surface area contributed by atoms with E-state index in [1.165, 1.54) is 0 Å². The van der Waals surface area contributed by atoms with Gasteiger partial charge in [-0.15, -0.1) is 0 Å². The predicted octanol–water partition coefficient (Wildman–Crippen LogP) is 0.589. The summed E-state index contributed by atoms with van der Waals surface area (Å²) in [6, 6.07) is 6.87. The lowest BCUT2D eigenvalue weighted by Crippen LogP contribution is -2.30. The number of hydrogen-bond acceptors (Lipinski definition) is 5. The number of nitrogens with one attached hydrogen (secondary N) is 1. The lowest BCUT2D eigenvalue weighted by Gasteiger charge is -2.07. The number of anilines is 1. The third kappa shape index (κ3) is 6.42. The Morgan fingerprint density at radius 1 is 1.30 bits per heavy atom. The summed E-state index contributed by atoms with van der Waals surface area (Å²) in [4.78, 5) is 11.5. The van der Waals surface area contributed by atoms with Gasteiger partial charge < -0.3 is 15.8 Å². The molecule has 0 aromatic heterocycles. The zero-order chi connectivity index (χ0) is 15.0. The van der Waals surface area contributed by atoms with Crippen LogP contribution >= 0.6 is 0 Å². The molecule has 3 N–H and O–H groups in total. The molecule has 0 aliphatic heterocycles. The second-order valence-electron chi connectivity index (χ2n) is 4.25. The van der Waals surface area contributed by atoms with Crippen molar-refractivity contribution < 1.29 is 17.9 Å². The van der Waals surface area contributed by atoms with E-state index in [2.05, 4.69) is 5.32 Å². The number of carbonyl (C=O) groups is 1. The minimum Gasteiger partial charge on any atom is -0.493 e. The monoisotopic (exact) mass is 300 g/mol. The molecule has 0 heterocycles. The minimum atomic E-state index is -3.04. The van der Waals surface area contributed by atoms with Crippen molar-refractivity contribution in [1.29, 1.82) is 0 Å². The number of sulfone groups is 1. The molecule has 0 fully saturated rings. The third-order valence-corrected chi connectivity index (χ3v) is 4.36. The number of hydrogen-bond donors (Lipinski definition) is 2. The lowest BCUT2D eigenvalue weighted by atomic mass is 10.3. The topological polar surface area (TPSA) is 98.5 Å². The van der Waals surface area contributed by atoms with E-state index in [-0.39, 0.29) is 37.0 Å². The second-order valence-corrected chi connectivity index (χ2v) is 6.73. The Kier molecular flexibility index (Phi) is 6.30. The Morgan fingerprint density at radius 3 is 2.55 bits per heavy atom. The van der Waals surface area contributed by atoms with Gasteiger partial charge in [-0.3, -0.25) is 4.79 Å². The maximum atomic E-state index is 11.5. The summed E-state index contributed by atoms with van der Waals surface area (Å²) >= 11 is 0. The van der Waals surface area contributed by atoms with Crippen LogP contribution in [0.1, 0.15) is 13.3 Å². The van der Waals surface area contributed by atoms with E-state index < -0.39 is 9.84 Å². The summed E-state index contributed by atoms with van der Waals surface area (Å²) in [7, 11) is -3.04. The standard InChI is InChI=1S/C13H20N2O4S/c1-2-20(17,18)10-8-15-13(16)7-9-19-12-5-3-11(14)4-6-12/h3-6H,2,7-10,14H2,1H3,(H,15,16). The molecule has 0 saturated carbocycles. The Morgan fingerprint density at radius 2 is 1.95 bits per heavy atom. The molecule has 0 aliphatic rings. The summed E-state index contributed by atoms with van der Waals surface area (Å²) in [6.07, 6.45) is 0.177. The fraction of sp³-hybridized carbons (Fsp3) is 0.462. The van der Waals surface area contributed by atoms with Gasteiger partial charge in [-0.05, 0) is 24.3 Å². The van der Waals surface area contributed by atoms with Gasteiger partial charge in [-0.2, -0.15) is 0 Å². The van der Waals surface area contributed by atoms with Gasteiger partial charge in [-0.25, -0.2) is 8.42 Å². The van der Waals surface area contributed by atoms with Crippen LogP contribution in [0.25, 0.3) is 0 Å². The lowest BCUT2D eigenvalue weighted by molar-refractivity contribution is -0.121. The minimum absolute atomic E-state index is 0.0337. The molecule has 0 spiro atoms. The first-order valence-corrected chi connectivity index (χ1v) is 8.20. The first-order valence-electron chi connectivity index (χ1n) is 6.38. The van der Waals surface area contributed by atoms with Gasteiger partial charge in [0, 0.05) is 18.0 Å². The predicted molar refractivity (Wildman–Crippen MR) is 78.3 cm³/mol. The molecule has 7 heteroatoms. The van der Waals surface area contributed by atoms with Crippen LogP contribution in [-0.4, -0.2) is 39.0 Å². The maximum absolute atomic E-state index is 11.5. The highest BCUT2D eigenvalue weighted by Crippen LogP contribution is 2.12. The number of rotatable bonds is 8. The van der Waals surface area contributed by atoms with Crippen molar-refractivity contribution in [2.24, 2.45) is 0 Å². The van der Waals surface area contributed by atoms with Crippen molar-refractivity contribution in [3.05, 3.63) is 24.3 Å². The van der Waals surface area contributed by atoms with Crippen LogP contribution in [0.3, 0.4) is 0 Å². The Hall–Kier alpha value is -1.76. The van der Waals surface area contributed by atoms with Gasteiger partial charge in [0.05, 0.1) is 18.8 Å². The Bertz CT molecular complexity index is 526.